The van der Waals surface area contributed by atoms with Gasteiger partial charge in [0.25, 0.3) is 5.91 Å². The van der Waals surface area contributed by atoms with Gasteiger partial charge in [0, 0.05) is 32.0 Å². The topological polar surface area (TPSA) is 221 Å². The maximum Gasteiger partial charge on any atom is 0.334 e. The molecule has 1 aliphatic heterocycles. The molecule has 9 atom stereocenters. The molecule has 60 heavy (non-hydrogen) atoms. The first-order valence-electron chi connectivity index (χ1n) is 20.6. The molecule has 0 aliphatic carbocycles. The molecule has 334 valence electrons. The third kappa shape index (κ3) is 14.8. The van der Waals surface area contributed by atoms with Crippen LogP contribution >= 0.6 is 0 Å². The van der Waals surface area contributed by atoms with Gasteiger partial charge in [-0.1, -0.05) is 65.3 Å². The molecule has 0 spiro atoms. The molecule has 0 fully saturated rings. The van der Waals surface area contributed by atoms with E-state index in [2.05, 4.69) is 16.0 Å². The Hall–Kier alpha value is -5.25. The number of benzene rings is 1. The van der Waals surface area contributed by atoms with Gasteiger partial charge in [0.2, 0.25) is 23.6 Å². The molecule has 0 bridgehead atoms. The van der Waals surface area contributed by atoms with E-state index < -0.39 is 102 Å². The molecule has 2 unspecified atom stereocenters. The summed E-state index contributed by atoms with van der Waals surface area (Å²) in [5.74, 6) is -6.11. The Morgan fingerprint density at radius 2 is 1.50 bits per heavy atom. The van der Waals surface area contributed by atoms with E-state index in [0.717, 1.165) is 4.90 Å². The summed E-state index contributed by atoms with van der Waals surface area (Å²) in [7, 11) is 2.77. The Labute approximate surface area is 354 Å². The fourth-order valence-electron chi connectivity index (χ4n) is 6.57. The number of cyclic esters (lactones) is 2. The summed E-state index contributed by atoms with van der Waals surface area (Å²) in [6.45, 7) is 16.3. The molecule has 0 saturated carbocycles. The number of allylic oxidation sites excluding steroid dienone is 1. The second-order valence-corrected chi connectivity index (χ2v) is 16.4. The normalized spacial score (nSPS) is 28.5. The monoisotopic (exact) mass is 841 g/mol. The predicted octanol–water partition coefficient (Wildman–Crippen LogP) is 2.94. The highest BCUT2D eigenvalue weighted by atomic mass is 16.6. The first-order valence-corrected chi connectivity index (χ1v) is 20.6. The fraction of sp³-hybridized carbons (Fsp3) is 0.614. The highest BCUT2D eigenvalue weighted by Gasteiger charge is 2.36. The Morgan fingerprint density at radius 3 is 2.07 bits per heavy atom. The van der Waals surface area contributed by atoms with Crippen LogP contribution in [0.4, 0.5) is 0 Å². The summed E-state index contributed by atoms with van der Waals surface area (Å²) in [6.07, 6.45) is 0.454. The second-order valence-electron chi connectivity index (χ2n) is 16.4. The van der Waals surface area contributed by atoms with Gasteiger partial charge in [-0.05, 0) is 82.6 Å². The van der Waals surface area contributed by atoms with Gasteiger partial charge in [0.1, 0.15) is 36.0 Å². The Morgan fingerprint density at radius 1 is 0.900 bits per heavy atom. The molecule has 16 nitrogen and oxygen atoms in total. The standard InChI is InChI=1S/C44H67N5O11/c1-13-25(5)37-40(54)46-30(10)44(58)60-38(26(6)14-2)28(8)34(51)20-15-27(7)43(57)59-35(21-24(3)4)39(53)45-29(9)41(55)49(12)33(22-31-16-18-32(50)19-17-31)42(56)48(11)23-36(52)47-37/h14-19,24-25,28-30,33-35,37-38,50-51H,13,20-23H2,1-12H3,(H,45,53)(H,46,54)(H,47,52)/b26-14+,27-15+/t25?,28-,29-,30+,33+,34-,35+,37?,38+/m0/s1. The SMILES string of the molecule is C/C=C(\C)[C@H]1OC(=O)[C@@H](C)NC(=O)C(C(C)CC)NC(=O)CN(C)C(=O)[C@@H](Cc2ccc(O)cc2)N(C)C(=O)[C@H](C)NC(=O)[C@@H](CC(C)C)OC(=O)/C(C)=C/C[C@H](O)[C@@H]1C. The number of aliphatic hydroxyl groups excluding tert-OH is 1. The highest BCUT2D eigenvalue weighted by Crippen LogP contribution is 2.24. The number of likely N-dealkylation sites (N-methyl/N-ethyl adjacent to an activating group) is 2. The predicted molar refractivity (Wildman–Crippen MR) is 225 cm³/mol. The molecule has 0 aromatic heterocycles. The number of esters is 2. The van der Waals surface area contributed by atoms with Crippen LogP contribution in [0.25, 0.3) is 0 Å². The van der Waals surface area contributed by atoms with Crippen molar-refractivity contribution in [1.82, 2.24) is 25.8 Å². The van der Waals surface area contributed by atoms with Crippen LogP contribution in [0.15, 0.2) is 47.6 Å². The van der Waals surface area contributed by atoms with Crippen molar-refractivity contribution in [2.45, 2.75) is 137 Å². The number of phenolic OH excluding ortho intramolecular Hbond substituents is 1. The zero-order valence-electron chi connectivity index (χ0n) is 37.2. The molecule has 5 N–H and O–H groups in total. The van der Waals surface area contributed by atoms with Crippen molar-refractivity contribution < 1.29 is 53.2 Å². The van der Waals surface area contributed by atoms with Crippen LogP contribution < -0.4 is 16.0 Å². The summed E-state index contributed by atoms with van der Waals surface area (Å²) < 4.78 is 11.5. The van der Waals surface area contributed by atoms with Crippen molar-refractivity contribution in [3.8, 4) is 5.75 Å². The van der Waals surface area contributed by atoms with Crippen LogP contribution in [-0.2, 0) is 49.5 Å². The lowest BCUT2D eigenvalue weighted by atomic mass is 9.90. The Kier molecular flexibility index (Phi) is 19.9. The number of aromatic hydroxyl groups is 1. The average Bonchev–Trinajstić information content (AvgIpc) is 3.20. The van der Waals surface area contributed by atoms with E-state index in [4.69, 9.17) is 9.47 Å². The summed E-state index contributed by atoms with van der Waals surface area (Å²) in [6, 6.07) is 1.40. The molecule has 5 amide bonds. The van der Waals surface area contributed by atoms with Gasteiger partial charge in [-0.15, -0.1) is 0 Å². The first kappa shape index (κ1) is 50.9. The number of nitrogens with zero attached hydrogens (tertiary/aromatic N) is 2. The average molecular weight is 842 g/mol. The lowest BCUT2D eigenvalue weighted by molar-refractivity contribution is -0.155. The molecule has 2 rings (SSSR count). The zero-order valence-corrected chi connectivity index (χ0v) is 37.2. The van der Waals surface area contributed by atoms with E-state index >= 15 is 0 Å². The summed E-state index contributed by atoms with van der Waals surface area (Å²) >= 11 is 0. The van der Waals surface area contributed by atoms with Crippen molar-refractivity contribution in [2.75, 3.05) is 20.6 Å². The van der Waals surface area contributed by atoms with Crippen LogP contribution in [0.2, 0.25) is 0 Å². The number of hydrogen-bond donors (Lipinski definition) is 5. The number of aliphatic hydroxyl groups is 1. The lowest BCUT2D eigenvalue weighted by Crippen LogP contribution is -2.57. The molecule has 0 saturated heterocycles. The maximum absolute atomic E-state index is 14.1. The molecule has 16 heteroatoms. The number of hydrogen-bond acceptors (Lipinski definition) is 11. The molecular weight excluding hydrogens is 775 g/mol. The smallest absolute Gasteiger partial charge is 0.334 e. The Bertz CT molecular complexity index is 1740. The first-order chi connectivity index (χ1) is 28.0. The molecule has 1 aromatic carbocycles. The fourth-order valence-corrected chi connectivity index (χ4v) is 6.57. The molecule has 0 radical (unpaired) electrons. The zero-order chi connectivity index (χ0) is 45.6. The van der Waals surface area contributed by atoms with E-state index in [1.165, 1.54) is 58.0 Å². The number of ether oxygens (including phenoxy) is 2. The minimum Gasteiger partial charge on any atom is -0.508 e. The van der Waals surface area contributed by atoms with Crippen LogP contribution in [0.1, 0.15) is 94.1 Å². The van der Waals surface area contributed by atoms with Gasteiger partial charge < -0.3 is 45.4 Å². The number of rotatable bonds is 7. The van der Waals surface area contributed by atoms with Gasteiger partial charge >= 0.3 is 11.9 Å². The third-order valence-corrected chi connectivity index (χ3v) is 10.9. The number of phenols is 1. The highest BCUT2D eigenvalue weighted by molar-refractivity contribution is 5.96. The number of amides is 5. The van der Waals surface area contributed by atoms with Crippen molar-refractivity contribution in [3.63, 3.8) is 0 Å². The number of nitrogens with one attached hydrogen (secondary N) is 3. The van der Waals surface area contributed by atoms with Gasteiger partial charge in [0.15, 0.2) is 6.10 Å². The summed E-state index contributed by atoms with van der Waals surface area (Å²) in [5.41, 5.74) is 1.34. The van der Waals surface area contributed by atoms with E-state index in [1.54, 1.807) is 45.9 Å². The molecular formula is C44H67N5O11. The van der Waals surface area contributed by atoms with Crippen LogP contribution in [-0.4, -0.2) is 125 Å². The number of carbonyl (C=O) groups excluding carboxylic acids is 7. The third-order valence-electron chi connectivity index (χ3n) is 10.9. The van der Waals surface area contributed by atoms with E-state index in [9.17, 15) is 43.8 Å². The van der Waals surface area contributed by atoms with Crippen molar-refractivity contribution in [1.29, 1.82) is 0 Å². The lowest BCUT2D eigenvalue weighted by Gasteiger charge is -2.33. The van der Waals surface area contributed by atoms with Crippen molar-refractivity contribution >= 4 is 41.5 Å². The Balaban J connectivity index is 2.63. The largest absolute Gasteiger partial charge is 0.508 e. The molecule has 1 aromatic rings. The summed E-state index contributed by atoms with van der Waals surface area (Å²) in [4.78, 5) is 97.9. The number of carbonyl (C=O) groups is 7. The van der Waals surface area contributed by atoms with Gasteiger partial charge in [-0.3, -0.25) is 24.0 Å². The van der Waals surface area contributed by atoms with Crippen LogP contribution in [0.5, 0.6) is 5.75 Å². The minimum atomic E-state index is -1.29. The van der Waals surface area contributed by atoms with Crippen molar-refractivity contribution in [2.24, 2.45) is 17.8 Å². The van der Waals surface area contributed by atoms with Gasteiger partial charge in [-0.2, -0.15) is 0 Å². The second kappa shape index (κ2) is 23.5. The maximum atomic E-state index is 14.1. The van der Waals surface area contributed by atoms with E-state index in [-0.39, 0.29) is 36.5 Å². The molecule has 1 heterocycles. The summed E-state index contributed by atoms with van der Waals surface area (Å²) in [5, 5.41) is 29.1. The van der Waals surface area contributed by atoms with Crippen LogP contribution in [0.3, 0.4) is 0 Å². The van der Waals surface area contributed by atoms with Crippen LogP contribution in [0, 0.1) is 17.8 Å². The van der Waals surface area contributed by atoms with E-state index in [0.29, 0.717) is 17.6 Å². The minimum absolute atomic E-state index is 0.00643. The van der Waals surface area contributed by atoms with Gasteiger partial charge in [0.05, 0.1) is 12.6 Å². The van der Waals surface area contributed by atoms with Gasteiger partial charge in [-0.25, -0.2) is 9.59 Å². The molecule has 1 aliphatic rings. The quantitative estimate of drug-likeness (QED) is 0.199. The van der Waals surface area contributed by atoms with E-state index in [1.807, 2.05) is 20.8 Å². The van der Waals surface area contributed by atoms with Crippen molar-refractivity contribution in [3.05, 3.63) is 53.1 Å².